The summed E-state index contributed by atoms with van der Waals surface area (Å²) in [7, 11) is -4.17. The number of hydrogen-bond acceptors (Lipinski definition) is 4. The molecule has 0 aliphatic heterocycles. The minimum atomic E-state index is -4.17. The third-order valence-electron chi connectivity index (χ3n) is 6.50. The van der Waals surface area contributed by atoms with Gasteiger partial charge in [0.15, 0.2) is 0 Å². The van der Waals surface area contributed by atoms with Gasteiger partial charge in [-0.15, -0.1) is 0 Å². The van der Waals surface area contributed by atoms with Gasteiger partial charge in [-0.3, -0.25) is 13.9 Å². The van der Waals surface area contributed by atoms with E-state index in [1.165, 1.54) is 29.2 Å². The molecule has 0 saturated heterocycles. The Morgan fingerprint density at radius 1 is 0.850 bits per heavy atom. The molecule has 0 heterocycles. The fraction of sp³-hybridized carbons (Fsp3) is 0.310. The van der Waals surface area contributed by atoms with Gasteiger partial charge in [-0.1, -0.05) is 72.9 Å². The maximum Gasteiger partial charge on any atom is 0.264 e. The van der Waals surface area contributed by atoms with Gasteiger partial charge in [0.1, 0.15) is 12.6 Å². The van der Waals surface area contributed by atoms with Crippen LogP contribution >= 0.6 is 34.8 Å². The van der Waals surface area contributed by atoms with Gasteiger partial charge in [0.05, 0.1) is 10.6 Å². The second kappa shape index (κ2) is 14.2. The van der Waals surface area contributed by atoms with E-state index >= 15 is 0 Å². The standard InChI is InChI=1S/C29H32Cl3N3O4S/c1-4-20(3)33-29(37)27(5-2)34(18-24-25(31)12-9-13-26(24)32)28(36)19-35(22-16-14-21(30)15-17-22)40(38,39)23-10-7-6-8-11-23/h6-17,20,27H,4-5,18-19H2,1-3H3,(H,33,37)/t20-,27+/m0/s1. The zero-order chi connectivity index (χ0) is 29.4. The van der Waals surface area contributed by atoms with Crippen molar-refractivity contribution in [1.82, 2.24) is 10.2 Å². The van der Waals surface area contributed by atoms with Gasteiger partial charge in [-0.25, -0.2) is 8.42 Å². The van der Waals surface area contributed by atoms with Gasteiger partial charge in [0.2, 0.25) is 11.8 Å². The molecule has 1 N–H and O–H groups in total. The number of sulfonamides is 1. The van der Waals surface area contributed by atoms with Crippen LogP contribution in [-0.4, -0.2) is 43.8 Å². The van der Waals surface area contributed by atoms with E-state index < -0.39 is 28.5 Å². The van der Waals surface area contributed by atoms with Crippen molar-refractivity contribution >= 4 is 62.3 Å². The zero-order valence-corrected chi connectivity index (χ0v) is 25.6. The molecule has 11 heteroatoms. The number of carbonyl (C=O) groups is 2. The predicted molar refractivity (Wildman–Crippen MR) is 161 cm³/mol. The molecule has 0 aliphatic carbocycles. The molecule has 3 aromatic rings. The molecule has 3 rings (SSSR count). The summed E-state index contributed by atoms with van der Waals surface area (Å²) in [5.41, 5.74) is 0.701. The lowest BCUT2D eigenvalue weighted by molar-refractivity contribution is -0.140. The summed E-state index contributed by atoms with van der Waals surface area (Å²) in [6.45, 7) is 4.93. The topological polar surface area (TPSA) is 86.8 Å². The van der Waals surface area contributed by atoms with Crippen LogP contribution in [0.15, 0.2) is 77.7 Å². The summed E-state index contributed by atoms with van der Waals surface area (Å²) in [4.78, 5) is 28.8. The van der Waals surface area contributed by atoms with Gasteiger partial charge < -0.3 is 10.2 Å². The molecule has 0 fully saturated rings. The summed E-state index contributed by atoms with van der Waals surface area (Å²) in [5, 5.41) is 4.00. The molecule has 3 aromatic carbocycles. The average molecular weight is 625 g/mol. The number of benzene rings is 3. The van der Waals surface area contributed by atoms with Crippen molar-refractivity contribution < 1.29 is 18.0 Å². The molecule has 0 radical (unpaired) electrons. The van der Waals surface area contributed by atoms with E-state index in [4.69, 9.17) is 34.8 Å². The van der Waals surface area contributed by atoms with Crippen LogP contribution in [0.5, 0.6) is 0 Å². The van der Waals surface area contributed by atoms with E-state index in [1.54, 1.807) is 55.5 Å². The van der Waals surface area contributed by atoms with Gasteiger partial charge in [-0.2, -0.15) is 0 Å². The van der Waals surface area contributed by atoms with Crippen LogP contribution in [0.1, 0.15) is 39.2 Å². The molecule has 7 nitrogen and oxygen atoms in total. The SMILES string of the molecule is CC[C@H](C(=O)N[C@@H](C)CC)N(Cc1c(Cl)cccc1Cl)C(=O)CN(c1ccc(Cl)cc1)S(=O)(=O)c1ccccc1. The first kappa shape index (κ1) is 31.7. The second-order valence-electron chi connectivity index (χ2n) is 9.26. The second-order valence-corrected chi connectivity index (χ2v) is 12.4. The number of nitrogens with zero attached hydrogens (tertiary/aromatic N) is 2. The summed E-state index contributed by atoms with van der Waals surface area (Å²) in [5.74, 6) is -0.950. The van der Waals surface area contributed by atoms with Crippen LogP contribution in [0.3, 0.4) is 0 Å². The number of nitrogens with one attached hydrogen (secondary N) is 1. The molecule has 0 aliphatic rings. The summed E-state index contributed by atoms with van der Waals surface area (Å²) < 4.78 is 28.6. The average Bonchev–Trinajstić information content (AvgIpc) is 2.93. The van der Waals surface area contributed by atoms with Crippen LogP contribution in [0.25, 0.3) is 0 Å². The van der Waals surface area contributed by atoms with Crippen LogP contribution in [-0.2, 0) is 26.2 Å². The van der Waals surface area contributed by atoms with Gasteiger partial charge in [0.25, 0.3) is 10.0 Å². The van der Waals surface area contributed by atoms with E-state index in [-0.39, 0.29) is 35.5 Å². The van der Waals surface area contributed by atoms with E-state index in [0.717, 1.165) is 4.31 Å². The van der Waals surface area contributed by atoms with E-state index in [1.807, 2.05) is 13.8 Å². The van der Waals surface area contributed by atoms with Crippen LogP contribution in [0.4, 0.5) is 5.69 Å². The Morgan fingerprint density at radius 3 is 2.00 bits per heavy atom. The molecule has 0 unspecified atom stereocenters. The van der Waals surface area contributed by atoms with Gasteiger partial charge in [0, 0.05) is 33.2 Å². The third-order valence-corrected chi connectivity index (χ3v) is 9.25. The van der Waals surface area contributed by atoms with Crippen LogP contribution in [0.2, 0.25) is 15.1 Å². The Labute approximate surface area is 251 Å². The smallest absolute Gasteiger partial charge is 0.264 e. The number of anilines is 1. The lowest BCUT2D eigenvalue weighted by Gasteiger charge is -2.34. The highest BCUT2D eigenvalue weighted by atomic mass is 35.5. The summed E-state index contributed by atoms with van der Waals surface area (Å²) in [6.07, 6.45) is 0.981. The number of hydrogen-bond donors (Lipinski definition) is 1. The lowest BCUT2D eigenvalue weighted by Crippen LogP contribution is -2.53. The first-order valence-electron chi connectivity index (χ1n) is 12.9. The molecule has 0 spiro atoms. The molecule has 0 saturated carbocycles. The van der Waals surface area contributed by atoms with Crippen LogP contribution < -0.4 is 9.62 Å². The van der Waals surface area contributed by atoms with Crippen LogP contribution in [0, 0.1) is 0 Å². The van der Waals surface area contributed by atoms with Crippen molar-refractivity contribution in [2.24, 2.45) is 0 Å². The minimum Gasteiger partial charge on any atom is -0.352 e. The van der Waals surface area contributed by atoms with Crippen molar-refractivity contribution in [3.8, 4) is 0 Å². The van der Waals surface area contributed by atoms with Crippen molar-refractivity contribution in [3.05, 3.63) is 93.4 Å². The molecule has 40 heavy (non-hydrogen) atoms. The van der Waals surface area contributed by atoms with Crippen molar-refractivity contribution in [2.45, 2.75) is 57.1 Å². The number of rotatable bonds is 12. The third kappa shape index (κ3) is 7.69. The van der Waals surface area contributed by atoms with E-state index in [0.29, 0.717) is 27.1 Å². The first-order chi connectivity index (χ1) is 19.0. The Kier molecular flexibility index (Phi) is 11.3. The normalized spacial score (nSPS) is 12.8. The molecule has 0 bridgehead atoms. The Hall–Kier alpha value is -2.78. The first-order valence-corrected chi connectivity index (χ1v) is 15.4. The highest BCUT2D eigenvalue weighted by molar-refractivity contribution is 7.92. The fourth-order valence-corrected chi connectivity index (χ4v) is 6.15. The highest BCUT2D eigenvalue weighted by Crippen LogP contribution is 2.29. The Bertz CT molecular complexity index is 1400. The number of amides is 2. The highest BCUT2D eigenvalue weighted by Gasteiger charge is 2.34. The number of halogens is 3. The summed E-state index contributed by atoms with van der Waals surface area (Å²) >= 11 is 18.9. The fourth-order valence-electron chi connectivity index (χ4n) is 4.07. The molecular weight excluding hydrogens is 593 g/mol. The zero-order valence-electron chi connectivity index (χ0n) is 22.5. The predicted octanol–water partition coefficient (Wildman–Crippen LogP) is 6.56. The van der Waals surface area contributed by atoms with Crippen molar-refractivity contribution in [2.75, 3.05) is 10.8 Å². The van der Waals surface area contributed by atoms with Crippen molar-refractivity contribution in [1.29, 1.82) is 0 Å². The molecule has 2 amide bonds. The van der Waals surface area contributed by atoms with Gasteiger partial charge in [-0.05, 0) is 68.3 Å². The Morgan fingerprint density at radius 2 is 1.45 bits per heavy atom. The lowest BCUT2D eigenvalue weighted by atomic mass is 10.1. The quantitative estimate of drug-likeness (QED) is 0.247. The minimum absolute atomic E-state index is 0.0139. The maximum atomic E-state index is 14.1. The molecule has 0 aromatic heterocycles. The van der Waals surface area contributed by atoms with E-state index in [2.05, 4.69) is 5.32 Å². The molecule has 214 valence electrons. The van der Waals surface area contributed by atoms with E-state index in [9.17, 15) is 18.0 Å². The molecular formula is C29H32Cl3N3O4S. The maximum absolute atomic E-state index is 14.1. The van der Waals surface area contributed by atoms with Crippen molar-refractivity contribution in [3.63, 3.8) is 0 Å². The largest absolute Gasteiger partial charge is 0.352 e. The monoisotopic (exact) mass is 623 g/mol. The number of carbonyl (C=O) groups excluding carboxylic acids is 2. The summed E-state index contributed by atoms with van der Waals surface area (Å²) in [6, 6.07) is 17.9. The molecule has 2 atom stereocenters. The Balaban J connectivity index is 2.08. The van der Waals surface area contributed by atoms with Gasteiger partial charge >= 0.3 is 0 Å².